The summed E-state index contributed by atoms with van der Waals surface area (Å²) in [5, 5.41) is 10.00. The summed E-state index contributed by atoms with van der Waals surface area (Å²) in [4.78, 5) is 13.5. The molecule has 3 heteroatoms. The van der Waals surface area contributed by atoms with Crippen molar-refractivity contribution in [2.75, 3.05) is 13.1 Å². The van der Waals surface area contributed by atoms with E-state index in [0.29, 0.717) is 19.4 Å². The minimum Gasteiger partial charge on any atom is -0.388 e. The van der Waals surface area contributed by atoms with E-state index < -0.39 is 6.10 Å². The van der Waals surface area contributed by atoms with Crippen LogP contribution in [0.25, 0.3) is 0 Å². The Morgan fingerprint density at radius 3 is 2.71 bits per heavy atom. The van der Waals surface area contributed by atoms with Gasteiger partial charge in [-0.25, -0.2) is 0 Å². The molecule has 1 amide bonds. The van der Waals surface area contributed by atoms with Crippen LogP contribution in [-0.4, -0.2) is 29.0 Å². The minimum absolute atomic E-state index is 0.233. The molecule has 0 spiro atoms. The third-order valence-corrected chi connectivity index (χ3v) is 3.28. The van der Waals surface area contributed by atoms with Crippen LogP contribution in [0.1, 0.15) is 37.4 Å². The second kappa shape index (κ2) is 5.82. The molecule has 17 heavy (non-hydrogen) atoms. The quantitative estimate of drug-likeness (QED) is 0.865. The number of benzene rings is 1. The average molecular weight is 233 g/mol. The Hall–Kier alpha value is -1.35. The third-order valence-electron chi connectivity index (χ3n) is 3.28. The number of nitrogens with zero attached hydrogens (tertiary/aromatic N) is 1. The van der Waals surface area contributed by atoms with Crippen LogP contribution in [0.3, 0.4) is 0 Å². The van der Waals surface area contributed by atoms with Crippen molar-refractivity contribution in [3.05, 3.63) is 35.9 Å². The molecule has 3 nitrogen and oxygen atoms in total. The molecule has 1 aromatic carbocycles. The van der Waals surface area contributed by atoms with Gasteiger partial charge in [0.2, 0.25) is 5.91 Å². The fourth-order valence-electron chi connectivity index (χ4n) is 2.22. The lowest BCUT2D eigenvalue weighted by atomic mass is 10.1. The Labute approximate surface area is 102 Å². The molecule has 0 saturated carbocycles. The first-order chi connectivity index (χ1) is 8.27. The highest BCUT2D eigenvalue weighted by atomic mass is 16.3. The van der Waals surface area contributed by atoms with Gasteiger partial charge < -0.3 is 10.0 Å². The monoisotopic (exact) mass is 233 g/mol. The van der Waals surface area contributed by atoms with E-state index in [1.807, 2.05) is 35.2 Å². The Morgan fingerprint density at radius 1 is 1.24 bits per heavy atom. The fraction of sp³-hybridized carbons (Fsp3) is 0.500. The number of carbonyl (C=O) groups is 1. The van der Waals surface area contributed by atoms with E-state index in [9.17, 15) is 9.90 Å². The molecule has 1 fully saturated rings. The summed E-state index contributed by atoms with van der Waals surface area (Å²) in [5.41, 5.74) is 0.928. The van der Waals surface area contributed by atoms with Crippen LogP contribution >= 0.6 is 0 Å². The van der Waals surface area contributed by atoms with Gasteiger partial charge in [0.15, 0.2) is 0 Å². The molecule has 1 aromatic rings. The van der Waals surface area contributed by atoms with Gasteiger partial charge in [-0.2, -0.15) is 0 Å². The molecule has 0 aliphatic carbocycles. The second-order valence-electron chi connectivity index (χ2n) is 4.55. The predicted molar refractivity (Wildman–Crippen MR) is 66.4 cm³/mol. The maximum absolute atomic E-state index is 11.6. The van der Waals surface area contributed by atoms with Crippen LogP contribution < -0.4 is 0 Å². The largest absolute Gasteiger partial charge is 0.388 e. The van der Waals surface area contributed by atoms with Crippen LogP contribution in [0.4, 0.5) is 0 Å². The highest BCUT2D eigenvalue weighted by molar-refractivity contribution is 5.76. The highest BCUT2D eigenvalue weighted by Crippen LogP contribution is 2.18. The van der Waals surface area contributed by atoms with Crippen LogP contribution in [-0.2, 0) is 4.79 Å². The smallest absolute Gasteiger partial charge is 0.222 e. The summed E-state index contributed by atoms with van der Waals surface area (Å²) >= 11 is 0. The third kappa shape index (κ3) is 3.30. The van der Waals surface area contributed by atoms with Crippen molar-refractivity contribution in [3.8, 4) is 0 Å². The van der Waals surface area contributed by atoms with E-state index in [2.05, 4.69) is 0 Å². The Bertz CT molecular complexity index is 364. The van der Waals surface area contributed by atoms with E-state index in [1.165, 1.54) is 0 Å². The number of aliphatic hydroxyl groups is 1. The SMILES string of the molecule is O=C1CCCCN1CCC(O)c1ccccc1. The first-order valence-corrected chi connectivity index (χ1v) is 6.28. The number of piperidine rings is 1. The van der Waals surface area contributed by atoms with Gasteiger partial charge in [0, 0.05) is 19.5 Å². The molecule has 1 saturated heterocycles. The number of aliphatic hydroxyl groups excluding tert-OH is 1. The van der Waals surface area contributed by atoms with Crippen LogP contribution in [0.2, 0.25) is 0 Å². The Morgan fingerprint density at radius 2 is 2.00 bits per heavy atom. The van der Waals surface area contributed by atoms with Gasteiger partial charge in [0.05, 0.1) is 6.10 Å². The van der Waals surface area contributed by atoms with Crippen molar-refractivity contribution in [3.63, 3.8) is 0 Å². The summed E-state index contributed by atoms with van der Waals surface area (Å²) < 4.78 is 0. The van der Waals surface area contributed by atoms with Gasteiger partial charge in [0.25, 0.3) is 0 Å². The van der Waals surface area contributed by atoms with E-state index in [-0.39, 0.29) is 5.91 Å². The van der Waals surface area contributed by atoms with Crippen LogP contribution in [0.5, 0.6) is 0 Å². The average Bonchev–Trinajstić information content (AvgIpc) is 2.38. The molecule has 0 radical (unpaired) electrons. The molecule has 2 rings (SSSR count). The molecule has 0 bridgehead atoms. The summed E-state index contributed by atoms with van der Waals surface area (Å²) in [6, 6.07) is 9.62. The highest BCUT2D eigenvalue weighted by Gasteiger charge is 2.18. The summed E-state index contributed by atoms with van der Waals surface area (Å²) in [6.07, 6.45) is 2.92. The first kappa shape index (κ1) is 12.1. The topological polar surface area (TPSA) is 40.5 Å². The van der Waals surface area contributed by atoms with E-state index >= 15 is 0 Å². The molecule has 1 heterocycles. The number of carbonyl (C=O) groups excluding carboxylic acids is 1. The Kier molecular flexibility index (Phi) is 4.15. The standard InChI is InChI=1S/C14H19NO2/c16-13(12-6-2-1-3-7-12)9-11-15-10-5-4-8-14(15)17/h1-3,6-7,13,16H,4-5,8-11H2. The molecular formula is C14H19NO2. The van der Waals surface area contributed by atoms with E-state index in [1.54, 1.807) is 0 Å². The van der Waals surface area contributed by atoms with Gasteiger partial charge in [-0.1, -0.05) is 30.3 Å². The summed E-state index contributed by atoms with van der Waals surface area (Å²) in [5.74, 6) is 0.233. The normalized spacial score (nSPS) is 18.2. The number of hydrogen-bond acceptors (Lipinski definition) is 2. The van der Waals surface area contributed by atoms with Crippen molar-refractivity contribution >= 4 is 5.91 Å². The van der Waals surface area contributed by atoms with Crippen molar-refractivity contribution < 1.29 is 9.90 Å². The second-order valence-corrected chi connectivity index (χ2v) is 4.55. The maximum Gasteiger partial charge on any atom is 0.222 e. The lowest BCUT2D eigenvalue weighted by molar-refractivity contribution is -0.133. The maximum atomic E-state index is 11.6. The summed E-state index contributed by atoms with van der Waals surface area (Å²) in [6.45, 7) is 1.51. The predicted octanol–water partition coefficient (Wildman–Crippen LogP) is 2.12. The molecule has 1 N–H and O–H groups in total. The summed E-state index contributed by atoms with van der Waals surface area (Å²) in [7, 11) is 0. The molecule has 92 valence electrons. The van der Waals surface area contributed by atoms with Crippen molar-refractivity contribution in [1.29, 1.82) is 0 Å². The zero-order valence-electron chi connectivity index (χ0n) is 10.0. The van der Waals surface area contributed by atoms with E-state index in [0.717, 1.165) is 24.9 Å². The van der Waals surface area contributed by atoms with Gasteiger partial charge in [-0.15, -0.1) is 0 Å². The molecule has 0 aromatic heterocycles. The number of hydrogen-bond donors (Lipinski definition) is 1. The molecule has 1 aliphatic heterocycles. The van der Waals surface area contributed by atoms with Gasteiger partial charge in [0.1, 0.15) is 0 Å². The zero-order chi connectivity index (χ0) is 12.1. The van der Waals surface area contributed by atoms with Gasteiger partial charge >= 0.3 is 0 Å². The Balaban J connectivity index is 1.83. The van der Waals surface area contributed by atoms with Crippen LogP contribution in [0.15, 0.2) is 30.3 Å². The van der Waals surface area contributed by atoms with Crippen molar-refractivity contribution in [1.82, 2.24) is 4.90 Å². The number of rotatable bonds is 4. The zero-order valence-corrected chi connectivity index (χ0v) is 10.0. The first-order valence-electron chi connectivity index (χ1n) is 6.28. The van der Waals surface area contributed by atoms with Gasteiger partial charge in [-0.05, 0) is 24.8 Å². The lowest BCUT2D eigenvalue weighted by Gasteiger charge is -2.27. The molecule has 1 unspecified atom stereocenters. The van der Waals surface area contributed by atoms with Crippen molar-refractivity contribution in [2.45, 2.75) is 31.8 Å². The number of likely N-dealkylation sites (tertiary alicyclic amines) is 1. The molecule has 1 atom stereocenters. The molecule has 1 aliphatic rings. The fourth-order valence-corrected chi connectivity index (χ4v) is 2.22. The van der Waals surface area contributed by atoms with Crippen molar-refractivity contribution in [2.24, 2.45) is 0 Å². The van der Waals surface area contributed by atoms with E-state index in [4.69, 9.17) is 0 Å². The minimum atomic E-state index is -0.467. The lowest BCUT2D eigenvalue weighted by Crippen LogP contribution is -2.36. The van der Waals surface area contributed by atoms with Crippen LogP contribution in [0, 0.1) is 0 Å². The molecular weight excluding hydrogens is 214 g/mol. The number of amides is 1. The van der Waals surface area contributed by atoms with Gasteiger partial charge in [-0.3, -0.25) is 4.79 Å².